The van der Waals surface area contributed by atoms with Crippen LogP contribution >= 0.6 is 0 Å². The Kier molecular flexibility index (Phi) is 9.00. The van der Waals surface area contributed by atoms with Crippen LogP contribution in [0.3, 0.4) is 0 Å². The Morgan fingerprint density at radius 2 is 1.74 bits per heavy atom. The number of nitrogens with zero attached hydrogens (tertiary/aromatic N) is 3. The van der Waals surface area contributed by atoms with Gasteiger partial charge in [-0.1, -0.05) is 57.5 Å². The lowest BCUT2D eigenvalue weighted by molar-refractivity contribution is 0.104. The molecule has 4 heteroatoms. The molecule has 1 aromatic carbocycles. The second-order valence-electron chi connectivity index (χ2n) is 5.77. The Labute approximate surface area is 163 Å². The molecule has 0 saturated carbocycles. The van der Waals surface area contributed by atoms with Crippen LogP contribution in [0.1, 0.15) is 43.6 Å². The summed E-state index contributed by atoms with van der Waals surface area (Å²) >= 11 is 0. The molecule has 0 saturated heterocycles. The summed E-state index contributed by atoms with van der Waals surface area (Å²) < 4.78 is 1.76. The predicted octanol–water partition coefficient (Wildman–Crippen LogP) is 5.62. The first-order chi connectivity index (χ1) is 13.1. The Hall–Kier alpha value is -2.88. The first-order valence-electron chi connectivity index (χ1n) is 9.49. The molecular weight excluding hydrogens is 334 g/mol. The van der Waals surface area contributed by atoms with E-state index in [1.54, 1.807) is 16.8 Å². The molecule has 27 heavy (non-hydrogen) atoms. The third kappa shape index (κ3) is 5.55. The average Bonchev–Trinajstić information content (AvgIpc) is 3.09. The van der Waals surface area contributed by atoms with Gasteiger partial charge in [0.25, 0.3) is 0 Å². The van der Waals surface area contributed by atoms with E-state index in [1.807, 2.05) is 102 Å². The quantitative estimate of drug-likeness (QED) is 0.445. The third-order valence-corrected chi connectivity index (χ3v) is 3.60. The number of aryl methyl sites for hydroxylation is 1. The highest BCUT2D eigenvalue weighted by Gasteiger charge is 2.19. The summed E-state index contributed by atoms with van der Waals surface area (Å²) in [5, 5.41) is 4.62. The SMILES string of the molecule is CC.CC.Cc1cccc(-c2nn3ccccc3c2C(=O)/C=C/N(C)C)c1. The molecule has 3 aromatic rings. The maximum atomic E-state index is 12.7. The lowest BCUT2D eigenvalue weighted by atomic mass is 10.0. The molecule has 0 unspecified atom stereocenters. The Morgan fingerprint density at radius 1 is 1.04 bits per heavy atom. The smallest absolute Gasteiger partial charge is 0.191 e. The summed E-state index contributed by atoms with van der Waals surface area (Å²) in [5.74, 6) is -0.0450. The molecule has 0 N–H and O–H groups in total. The van der Waals surface area contributed by atoms with Crippen molar-refractivity contribution in [2.24, 2.45) is 0 Å². The number of allylic oxidation sites excluding steroid dienone is 1. The van der Waals surface area contributed by atoms with Crippen molar-refractivity contribution in [1.29, 1.82) is 0 Å². The van der Waals surface area contributed by atoms with Gasteiger partial charge in [-0.15, -0.1) is 0 Å². The van der Waals surface area contributed by atoms with E-state index < -0.39 is 0 Å². The van der Waals surface area contributed by atoms with Crippen LogP contribution in [-0.2, 0) is 0 Å². The van der Waals surface area contributed by atoms with Crippen LogP contribution in [0.2, 0.25) is 0 Å². The van der Waals surface area contributed by atoms with Gasteiger partial charge in [-0.05, 0) is 25.1 Å². The van der Waals surface area contributed by atoms with Gasteiger partial charge >= 0.3 is 0 Å². The van der Waals surface area contributed by atoms with Gasteiger partial charge in [0, 0.05) is 38.1 Å². The summed E-state index contributed by atoms with van der Waals surface area (Å²) in [4.78, 5) is 14.6. The van der Waals surface area contributed by atoms with E-state index in [2.05, 4.69) is 5.10 Å². The van der Waals surface area contributed by atoms with Crippen LogP contribution in [0.15, 0.2) is 60.9 Å². The van der Waals surface area contributed by atoms with Gasteiger partial charge < -0.3 is 4.90 Å². The zero-order chi connectivity index (χ0) is 20.4. The predicted molar refractivity (Wildman–Crippen MR) is 115 cm³/mol. The van der Waals surface area contributed by atoms with Crippen LogP contribution in [0, 0.1) is 6.92 Å². The minimum Gasteiger partial charge on any atom is -0.383 e. The number of hydrogen-bond acceptors (Lipinski definition) is 3. The molecule has 2 aromatic heterocycles. The number of fused-ring (bicyclic) bond motifs is 1. The summed E-state index contributed by atoms with van der Waals surface area (Å²) in [5.41, 5.74) is 4.26. The summed E-state index contributed by atoms with van der Waals surface area (Å²) in [6.07, 6.45) is 5.21. The van der Waals surface area contributed by atoms with Crippen molar-refractivity contribution in [3.63, 3.8) is 0 Å². The average molecular weight is 366 g/mol. The Bertz CT molecular complexity index is 892. The summed E-state index contributed by atoms with van der Waals surface area (Å²) in [6, 6.07) is 13.8. The molecule has 0 spiro atoms. The van der Waals surface area contributed by atoms with Crippen LogP contribution in [0.4, 0.5) is 0 Å². The number of rotatable bonds is 4. The van der Waals surface area contributed by atoms with Crippen LogP contribution in [0.5, 0.6) is 0 Å². The van der Waals surface area contributed by atoms with E-state index in [1.165, 1.54) is 0 Å². The van der Waals surface area contributed by atoms with Gasteiger partial charge in [0.05, 0.1) is 11.1 Å². The van der Waals surface area contributed by atoms with Crippen molar-refractivity contribution in [1.82, 2.24) is 14.5 Å². The highest BCUT2D eigenvalue weighted by atomic mass is 16.1. The minimum atomic E-state index is -0.0450. The monoisotopic (exact) mass is 365 g/mol. The van der Waals surface area contributed by atoms with Gasteiger partial charge in [0.1, 0.15) is 5.69 Å². The standard InChI is InChI=1S/C19H19N3O.2C2H6/c1-14-7-6-8-15(13-14)19-18(17(23)10-12-21(2)3)16-9-4-5-11-22(16)20-19;2*1-2/h4-13H,1-3H3;2*1-2H3/b12-10+;;. The number of carbonyl (C=O) groups is 1. The molecule has 2 heterocycles. The molecule has 0 atom stereocenters. The molecule has 0 radical (unpaired) electrons. The molecule has 0 aliphatic carbocycles. The minimum absolute atomic E-state index is 0.0450. The third-order valence-electron chi connectivity index (χ3n) is 3.60. The largest absolute Gasteiger partial charge is 0.383 e. The molecule has 0 amide bonds. The van der Waals surface area contributed by atoms with Crippen molar-refractivity contribution in [3.8, 4) is 11.3 Å². The summed E-state index contributed by atoms with van der Waals surface area (Å²) in [7, 11) is 3.78. The lowest BCUT2D eigenvalue weighted by Gasteiger charge is -2.04. The molecule has 0 aliphatic rings. The van der Waals surface area contributed by atoms with E-state index in [9.17, 15) is 4.79 Å². The van der Waals surface area contributed by atoms with Crippen LogP contribution < -0.4 is 0 Å². The van der Waals surface area contributed by atoms with Gasteiger partial charge in [0.15, 0.2) is 5.78 Å². The highest BCUT2D eigenvalue weighted by molar-refractivity contribution is 6.13. The number of ketones is 1. The van der Waals surface area contributed by atoms with Crippen molar-refractivity contribution in [3.05, 3.63) is 72.1 Å². The number of aromatic nitrogens is 2. The van der Waals surface area contributed by atoms with E-state index in [-0.39, 0.29) is 5.78 Å². The number of hydrogen-bond donors (Lipinski definition) is 0. The van der Waals surface area contributed by atoms with Crippen molar-refractivity contribution in [2.75, 3.05) is 14.1 Å². The van der Waals surface area contributed by atoms with Gasteiger partial charge in [-0.25, -0.2) is 4.52 Å². The van der Waals surface area contributed by atoms with Gasteiger partial charge in [-0.3, -0.25) is 4.79 Å². The number of benzene rings is 1. The molecule has 0 aliphatic heterocycles. The molecule has 0 fully saturated rings. The maximum absolute atomic E-state index is 12.7. The second-order valence-corrected chi connectivity index (χ2v) is 5.77. The molecule has 144 valence electrons. The van der Waals surface area contributed by atoms with Gasteiger partial charge in [0.2, 0.25) is 0 Å². The lowest BCUT2D eigenvalue weighted by Crippen LogP contribution is -2.03. The highest BCUT2D eigenvalue weighted by Crippen LogP contribution is 2.27. The summed E-state index contributed by atoms with van der Waals surface area (Å²) in [6.45, 7) is 10.0. The van der Waals surface area contributed by atoms with Crippen molar-refractivity contribution >= 4 is 11.3 Å². The second kappa shape index (κ2) is 11.0. The Morgan fingerprint density at radius 3 is 2.37 bits per heavy atom. The zero-order valence-electron chi connectivity index (χ0n) is 17.5. The Balaban J connectivity index is 0.000000855. The van der Waals surface area contributed by atoms with Crippen LogP contribution in [0.25, 0.3) is 16.8 Å². The number of pyridine rings is 1. The fourth-order valence-electron chi connectivity index (χ4n) is 2.54. The number of carbonyl (C=O) groups excluding carboxylic acids is 1. The zero-order valence-corrected chi connectivity index (χ0v) is 17.5. The fraction of sp³-hybridized carbons (Fsp3) is 0.304. The van der Waals surface area contributed by atoms with E-state index >= 15 is 0 Å². The van der Waals surface area contributed by atoms with Gasteiger partial charge in [-0.2, -0.15) is 5.10 Å². The van der Waals surface area contributed by atoms with E-state index in [0.717, 1.165) is 16.6 Å². The van der Waals surface area contributed by atoms with Crippen molar-refractivity contribution in [2.45, 2.75) is 34.6 Å². The van der Waals surface area contributed by atoms with E-state index in [0.29, 0.717) is 11.3 Å². The normalized spacial score (nSPS) is 10.0. The topological polar surface area (TPSA) is 37.6 Å². The first kappa shape index (κ1) is 22.2. The molecule has 4 nitrogen and oxygen atoms in total. The fourth-order valence-corrected chi connectivity index (χ4v) is 2.54. The van der Waals surface area contributed by atoms with Crippen LogP contribution in [-0.4, -0.2) is 34.4 Å². The van der Waals surface area contributed by atoms with Crippen molar-refractivity contribution < 1.29 is 4.79 Å². The van der Waals surface area contributed by atoms with E-state index in [4.69, 9.17) is 0 Å². The maximum Gasteiger partial charge on any atom is 0.191 e. The molecule has 3 rings (SSSR count). The molecular formula is C23H31N3O. The molecule has 0 bridgehead atoms. The first-order valence-corrected chi connectivity index (χ1v) is 9.49.